The number of carbonyl (C=O) groups is 1. The first kappa shape index (κ1) is 13.9. The molecule has 4 nitrogen and oxygen atoms in total. The van der Waals surface area contributed by atoms with E-state index in [4.69, 9.17) is 16.7 Å². The van der Waals surface area contributed by atoms with Gasteiger partial charge in [0.25, 0.3) is 0 Å². The standard InChI is InChI=1S/C15H9ClN2O2S/c16-11-4-2-8-17-14(11)21-13-7-6-9-10(15(19)20)3-1-5-12(9)18-13/h1-8H,(H,19,20). The summed E-state index contributed by atoms with van der Waals surface area (Å²) < 4.78 is 0. The van der Waals surface area contributed by atoms with Crippen LogP contribution in [-0.4, -0.2) is 21.0 Å². The van der Waals surface area contributed by atoms with Crippen molar-refractivity contribution in [3.8, 4) is 0 Å². The van der Waals surface area contributed by atoms with Gasteiger partial charge in [-0.05, 0) is 48.2 Å². The normalized spacial score (nSPS) is 10.7. The zero-order chi connectivity index (χ0) is 14.8. The molecule has 3 aromatic rings. The van der Waals surface area contributed by atoms with Gasteiger partial charge >= 0.3 is 5.97 Å². The number of fused-ring (bicyclic) bond motifs is 1. The SMILES string of the molecule is O=C(O)c1cccc2nc(Sc3ncccc3Cl)ccc12. The number of carboxylic acids is 1. The number of carboxylic acid groups (broad SMARTS) is 1. The van der Waals surface area contributed by atoms with Gasteiger partial charge in [0.1, 0.15) is 10.1 Å². The fraction of sp³-hybridized carbons (Fsp3) is 0. The third-order valence-electron chi connectivity index (χ3n) is 2.86. The zero-order valence-electron chi connectivity index (χ0n) is 10.7. The molecule has 104 valence electrons. The molecule has 0 bridgehead atoms. The van der Waals surface area contributed by atoms with Gasteiger partial charge in [-0.3, -0.25) is 0 Å². The summed E-state index contributed by atoms with van der Waals surface area (Å²) in [5.74, 6) is -0.962. The molecule has 0 spiro atoms. The number of pyridine rings is 2. The zero-order valence-corrected chi connectivity index (χ0v) is 12.2. The van der Waals surface area contributed by atoms with Gasteiger partial charge in [0.05, 0.1) is 16.1 Å². The molecule has 0 fully saturated rings. The summed E-state index contributed by atoms with van der Waals surface area (Å²) in [6.45, 7) is 0. The molecule has 0 saturated heterocycles. The van der Waals surface area contributed by atoms with Gasteiger partial charge in [-0.25, -0.2) is 14.8 Å². The molecular weight excluding hydrogens is 308 g/mol. The highest BCUT2D eigenvalue weighted by Crippen LogP contribution is 2.31. The van der Waals surface area contributed by atoms with E-state index < -0.39 is 5.97 Å². The lowest BCUT2D eigenvalue weighted by Crippen LogP contribution is -1.98. The quantitative estimate of drug-likeness (QED) is 0.787. The van der Waals surface area contributed by atoms with Crippen molar-refractivity contribution < 1.29 is 9.90 Å². The number of hydrogen-bond acceptors (Lipinski definition) is 4. The molecule has 0 saturated carbocycles. The van der Waals surface area contributed by atoms with Crippen molar-refractivity contribution in [2.24, 2.45) is 0 Å². The van der Waals surface area contributed by atoms with Crippen LogP contribution in [0.25, 0.3) is 10.9 Å². The Morgan fingerprint density at radius 2 is 2.00 bits per heavy atom. The molecular formula is C15H9ClN2O2S. The molecule has 0 radical (unpaired) electrons. The Balaban J connectivity index is 2.03. The van der Waals surface area contributed by atoms with E-state index in [0.717, 1.165) is 0 Å². The predicted molar refractivity (Wildman–Crippen MR) is 82.1 cm³/mol. The van der Waals surface area contributed by atoms with E-state index in [1.807, 2.05) is 0 Å². The maximum absolute atomic E-state index is 11.2. The molecule has 0 unspecified atom stereocenters. The number of aromatic nitrogens is 2. The number of halogens is 1. The molecule has 0 aliphatic heterocycles. The van der Waals surface area contributed by atoms with Gasteiger partial charge in [-0.1, -0.05) is 17.7 Å². The predicted octanol–water partition coefficient (Wildman–Crippen LogP) is 4.13. The molecule has 0 amide bonds. The molecule has 6 heteroatoms. The summed E-state index contributed by atoms with van der Waals surface area (Å²) in [6, 6.07) is 12.1. The Kier molecular flexibility index (Phi) is 3.77. The summed E-state index contributed by atoms with van der Waals surface area (Å²) in [5, 5.41) is 11.7. The van der Waals surface area contributed by atoms with Gasteiger partial charge in [0.15, 0.2) is 0 Å². The number of aromatic carboxylic acids is 1. The second kappa shape index (κ2) is 5.71. The summed E-state index contributed by atoms with van der Waals surface area (Å²) in [5.41, 5.74) is 0.874. The molecule has 1 aromatic carbocycles. The third kappa shape index (κ3) is 2.84. The van der Waals surface area contributed by atoms with Crippen molar-refractivity contribution in [1.82, 2.24) is 9.97 Å². The lowest BCUT2D eigenvalue weighted by molar-refractivity contribution is 0.0699. The molecule has 0 atom stereocenters. The van der Waals surface area contributed by atoms with Gasteiger partial charge in [0.2, 0.25) is 0 Å². The van der Waals surface area contributed by atoms with Crippen LogP contribution in [0, 0.1) is 0 Å². The van der Waals surface area contributed by atoms with Crippen LogP contribution in [0.15, 0.2) is 58.7 Å². The second-order valence-corrected chi connectivity index (χ2v) is 5.64. The summed E-state index contributed by atoms with van der Waals surface area (Å²) in [7, 11) is 0. The Morgan fingerprint density at radius 1 is 1.14 bits per heavy atom. The molecule has 1 N–H and O–H groups in total. The van der Waals surface area contributed by atoms with Crippen LogP contribution in [0.1, 0.15) is 10.4 Å². The van der Waals surface area contributed by atoms with E-state index in [9.17, 15) is 4.79 Å². The monoisotopic (exact) mass is 316 g/mol. The molecule has 2 aromatic heterocycles. The van der Waals surface area contributed by atoms with Crippen molar-refractivity contribution in [3.05, 3.63) is 59.2 Å². The van der Waals surface area contributed by atoms with E-state index in [1.165, 1.54) is 11.8 Å². The second-order valence-electron chi connectivity index (χ2n) is 4.22. The van der Waals surface area contributed by atoms with E-state index >= 15 is 0 Å². The average Bonchev–Trinajstić information content (AvgIpc) is 2.48. The smallest absolute Gasteiger partial charge is 0.336 e. The lowest BCUT2D eigenvalue weighted by atomic mass is 10.1. The van der Waals surface area contributed by atoms with Gasteiger partial charge < -0.3 is 5.11 Å². The fourth-order valence-electron chi connectivity index (χ4n) is 1.92. The fourth-order valence-corrected chi connectivity index (χ4v) is 2.92. The van der Waals surface area contributed by atoms with E-state index in [-0.39, 0.29) is 5.56 Å². The van der Waals surface area contributed by atoms with Crippen LogP contribution in [0.4, 0.5) is 0 Å². The Bertz CT molecular complexity index is 839. The summed E-state index contributed by atoms with van der Waals surface area (Å²) in [4.78, 5) is 19.8. The lowest BCUT2D eigenvalue weighted by Gasteiger charge is -2.05. The molecule has 0 aliphatic rings. The topological polar surface area (TPSA) is 63.1 Å². The van der Waals surface area contributed by atoms with Crippen molar-refractivity contribution in [3.63, 3.8) is 0 Å². The number of rotatable bonds is 3. The van der Waals surface area contributed by atoms with Crippen LogP contribution in [-0.2, 0) is 0 Å². The Hall–Kier alpha value is -2.11. The van der Waals surface area contributed by atoms with Crippen LogP contribution in [0.2, 0.25) is 5.02 Å². The third-order valence-corrected chi connectivity index (χ3v) is 4.23. The van der Waals surface area contributed by atoms with Crippen LogP contribution >= 0.6 is 23.4 Å². The van der Waals surface area contributed by atoms with Crippen LogP contribution in [0.5, 0.6) is 0 Å². The van der Waals surface area contributed by atoms with Crippen molar-refractivity contribution in [1.29, 1.82) is 0 Å². The largest absolute Gasteiger partial charge is 0.478 e. The molecule has 0 aliphatic carbocycles. The van der Waals surface area contributed by atoms with E-state index in [2.05, 4.69) is 9.97 Å². The highest BCUT2D eigenvalue weighted by molar-refractivity contribution is 7.99. The Labute approximate surface area is 129 Å². The number of nitrogens with zero attached hydrogens (tertiary/aromatic N) is 2. The number of hydrogen-bond donors (Lipinski definition) is 1. The van der Waals surface area contributed by atoms with E-state index in [1.54, 1.807) is 48.7 Å². The first-order valence-corrected chi connectivity index (χ1v) is 7.26. The number of benzene rings is 1. The highest BCUT2D eigenvalue weighted by atomic mass is 35.5. The molecule has 21 heavy (non-hydrogen) atoms. The van der Waals surface area contributed by atoms with Crippen molar-refractivity contribution >= 4 is 40.2 Å². The summed E-state index contributed by atoms with van der Waals surface area (Å²) >= 11 is 7.41. The maximum Gasteiger partial charge on any atom is 0.336 e. The summed E-state index contributed by atoms with van der Waals surface area (Å²) in [6.07, 6.45) is 1.66. The average molecular weight is 317 g/mol. The first-order valence-electron chi connectivity index (χ1n) is 6.06. The highest BCUT2D eigenvalue weighted by Gasteiger charge is 2.10. The Morgan fingerprint density at radius 3 is 2.76 bits per heavy atom. The van der Waals surface area contributed by atoms with Gasteiger partial charge in [-0.2, -0.15) is 0 Å². The maximum atomic E-state index is 11.2. The van der Waals surface area contributed by atoms with Crippen LogP contribution in [0.3, 0.4) is 0 Å². The van der Waals surface area contributed by atoms with Gasteiger partial charge in [-0.15, -0.1) is 0 Å². The van der Waals surface area contributed by atoms with Gasteiger partial charge in [0, 0.05) is 11.6 Å². The van der Waals surface area contributed by atoms with E-state index in [0.29, 0.717) is 26.0 Å². The van der Waals surface area contributed by atoms with Crippen molar-refractivity contribution in [2.45, 2.75) is 10.1 Å². The minimum Gasteiger partial charge on any atom is -0.478 e. The van der Waals surface area contributed by atoms with Crippen molar-refractivity contribution in [2.75, 3.05) is 0 Å². The minimum absolute atomic E-state index is 0.243. The van der Waals surface area contributed by atoms with Crippen LogP contribution < -0.4 is 0 Å². The minimum atomic E-state index is -0.962. The molecule has 3 rings (SSSR count). The first-order chi connectivity index (χ1) is 10.1. The molecule has 2 heterocycles.